The molecule has 3 nitrogen and oxygen atoms in total. The number of hydrogen-bond acceptors (Lipinski definition) is 3. The van der Waals surface area contributed by atoms with Crippen LogP contribution in [0, 0.1) is 0 Å². The third-order valence-electron chi connectivity index (χ3n) is 3.27. The van der Waals surface area contributed by atoms with Gasteiger partial charge < -0.3 is 14.6 Å². The predicted molar refractivity (Wildman–Crippen MR) is 83.4 cm³/mol. The molecular formula is C18H22O3. The summed E-state index contributed by atoms with van der Waals surface area (Å²) >= 11 is 0. The Morgan fingerprint density at radius 3 is 2.14 bits per heavy atom. The summed E-state index contributed by atoms with van der Waals surface area (Å²) in [7, 11) is 1.60. The molecule has 0 heterocycles. The molecule has 0 saturated carbocycles. The second kappa shape index (κ2) is 7.25. The van der Waals surface area contributed by atoms with Crippen LogP contribution in [0.1, 0.15) is 37.2 Å². The van der Waals surface area contributed by atoms with E-state index in [9.17, 15) is 5.11 Å². The van der Waals surface area contributed by atoms with E-state index in [1.54, 1.807) is 7.11 Å². The van der Waals surface area contributed by atoms with Gasteiger partial charge in [0.15, 0.2) is 0 Å². The largest absolute Gasteiger partial charge is 0.491 e. The summed E-state index contributed by atoms with van der Waals surface area (Å²) in [6, 6.07) is 17.2. The Kier molecular flexibility index (Phi) is 5.37. The molecule has 0 aromatic heterocycles. The molecule has 112 valence electrons. The average molecular weight is 286 g/mol. The Bertz CT molecular complexity index is 551. The van der Waals surface area contributed by atoms with E-state index in [4.69, 9.17) is 9.47 Å². The van der Waals surface area contributed by atoms with Crippen LogP contribution in [0.3, 0.4) is 0 Å². The van der Waals surface area contributed by atoms with Crippen LogP contribution in [0.2, 0.25) is 0 Å². The van der Waals surface area contributed by atoms with Crippen molar-refractivity contribution in [2.75, 3.05) is 7.11 Å². The summed E-state index contributed by atoms with van der Waals surface area (Å²) in [4.78, 5) is 0. The highest BCUT2D eigenvalue weighted by molar-refractivity contribution is 5.37. The number of hydrogen-bond donors (Lipinski definition) is 1. The van der Waals surface area contributed by atoms with Crippen LogP contribution in [0.4, 0.5) is 0 Å². The van der Waals surface area contributed by atoms with E-state index >= 15 is 0 Å². The maximum absolute atomic E-state index is 10.7. The van der Waals surface area contributed by atoms with Crippen molar-refractivity contribution in [2.45, 2.75) is 32.2 Å². The third kappa shape index (κ3) is 3.84. The molecule has 21 heavy (non-hydrogen) atoms. The fourth-order valence-corrected chi connectivity index (χ4v) is 2.34. The molecule has 2 rings (SSSR count). The van der Waals surface area contributed by atoms with Gasteiger partial charge in [0.2, 0.25) is 0 Å². The van der Waals surface area contributed by atoms with E-state index in [1.165, 1.54) is 0 Å². The first-order valence-electron chi connectivity index (χ1n) is 7.15. The summed E-state index contributed by atoms with van der Waals surface area (Å²) in [6.45, 7) is 3.93. The maximum Gasteiger partial charge on any atom is 0.125 e. The first-order chi connectivity index (χ1) is 10.1. The average Bonchev–Trinajstić information content (AvgIpc) is 2.49. The first kappa shape index (κ1) is 15.5. The van der Waals surface area contributed by atoms with Gasteiger partial charge in [-0.05, 0) is 25.5 Å². The Hall–Kier alpha value is -1.84. The SMILES string of the molecule is COC(c1ccccc1)C(O)c1ccccc1OC(C)C. The lowest BCUT2D eigenvalue weighted by molar-refractivity contribution is -0.0164. The van der Waals surface area contributed by atoms with Gasteiger partial charge in [-0.3, -0.25) is 0 Å². The van der Waals surface area contributed by atoms with Crippen LogP contribution in [0.25, 0.3) is 0 Å². The molecule has 0 saturated heterocycles. The minimum atomic E-state index is -0.785. The third-order valence-corrected chi connectivity index (χ3v) is 3.27. The molecule has 0 amide bonds. The lowest BCUT2D eigenvalue weighted by atomic mass is 9.97. The number of benzene rings is 2. The highest BCUT2D eigenvalue weighted by Crippen LogP contribution is 2.36. The van der Waals surface area contributed by atoms with Crippen molar-refractivity contribution in [3.63, 3.8) is 0 Å². The van der Waals surface area contributed by atoms with E-state index in [0.717, 1.165) is 11.1 Å². The molecule has 0 aliphatic heterocycles. The van der Waals surface area contributed by atoms with Crippen LogP contribution in [0.5, 0.6) is 5.75 Å². The Morgan fingerprint density at radius 1 is 0.905 bits per heavy atom. The van der Waals surface area contributed by atoms with Gasteiger partial charge >= 0.3 is 0 Å². The van der Waals surface area contributed by atoms with E-state index in [0.29, 0.717) is 5.75 Å². The number of methoxy groups -OCH3 is 1. The van der Waals surface area contributed by atoms with Crippen LogP contribution >= 0.6 is 0 Å². The molecule has 2 atom stereocenters. The fourth-order valence-electron chi connectivity index (χ4n) is 2.34. The predicted octanol–water partition coefficient (Wildman–Crippen LogP) is 3.89. The molecule has 2 aromatic rings. The van der Waals surface area contributed by atoms with Crippen molar-refractivity contribution in [3.8, 4) is 5.75 Å². The minimum Gasteiger partial charge on any atom is -0.491 e. The van der Waals surface area contributed by atoms with Gasteiger partial charge in [-0.25, -0.2) is 0 Å². The second-order valence-corrected chi connectivity index (χ2v) is 5.22. The maximum atomic E-state index is 10.7. The Balaban J connectivity index is 2.32. The molecule has 2 aromatic carbocycles. The van der Waals surface area contributed by atoms with E-state index in [2.05, 4.69) is 0 Å². The molecule has 0 aliphatic rings. The normalized spacial score (nSPS) is 14.0. The van der Waals surface area contributed by atoms with Gasteiger partial charge in [-0.15, -0.1) is 0 Å². The number of rotatable bonds is 6. The first-order valence-corrected chi connectivity index (χ1v) is 7.15. The smallest absolute Gasteiger partial charge is 0.125 e. The van der Waals surface area contributed by atoms with E-state index in [-0.39, 0.29) is 6.10 Å². The second-order valence-electron chi connectivity index (χ2n) is 5.22. The molecule has 3 heteroatoms. The molecule has 0 radical (unpaired) electrons. The van der Waals surface area contributed by atoms with Crippen molar-refractivity contribution < 1.29 is 14.6 Å². The van der Waals surface area contributed by atoms with Gasteiger partial charge in [-0.2, -0.15) is 0 Å². The van der Waals surface area contributed by atoms with Crippen molar-refractivity contribution >= 4 is 0 Å². The number of para-hydroxylation sites is 1. The highest BCUT2D eigenvalue weighted by Gasteiger charge is 2.25. The molecule has 1 N–H and O–H groups in total. The number of aliphatic hydroxyl groups is 1. The zero-order valence-corrected chi connectivity index (χ0v) is 12.7. The molecule has 0 fully saturated rings. The summed E-state index contributed by atoms with van der Waals surface area (Å²) in [5, 5.41) is 10.7. The molecule has 2 unspecified atom stereocenters. The molecular weight excluding hydrogens is 264 g/mol. The highest BCUT2D eigenvalue weighted by atomic mass is 16.5. The lowest BCUT2D eigenvalue weighted by Gasteiger charge is -2.24. The standard InChI is InChI=1S/C18H22O3/c1-13(2)21-16-12-8-7-11-15(16)17(19)18(20-3)14-9-5-4-6-10-14/h4-13,17-19H,1-3H3. The fraction of sp³-hybridized carbons (Fsp3) is 0.333. The molecule has 0 spiro atoms. The lowest BCUT2D eigenvalue weighted by Crippen LogP contribution is -2.15. The van der Waals surface area contributed by atoms with Crippen LogP contribution in [-0.4, -0.2) is 18.3 Å². The monoisotopic (exact) mass is 286 g/mol. The molecule has 0 bridgehead atoms. The molecule has 0 aliphatic carbocycles. The summed E-state index contributed by atoms with van der Waals surface area (Å²) in [5.74, 6) is 0.693. The number of ether oxygens (including phenoxy) is 2. The minimum absolute atomic E-state index is 0.0519. The van der Waals surface area contributed by atoms with Crippen LogP contribution in [-0.2, 0) is 4.74 Å². The quantitative estimate of drug-likeness (QED) is 0.875. The summed E-state index contributed by atoms with van der Waals surface area (Å²) in [5.41, 5.74) is 1.67. The van der Waals surface area contributed by atoms with Crippen molar-refractivity contribution in [3.05, 3.63) is 65.7 Å². The van der Waals surface area contributed by atoms with Crippen molar-refractivity contribution in [1.29, 1.82) is 0 Å². The van der Waals surface area contributed by atoms with Crippen LogP contribution in [0.15, 0.2) is 54.6 Å². The van der Waals surface area contributed by atoms with Gasteiger partial charge in [0.05, 0.1) is 6.10 Å². The van der Waals surface area contributed by atoms with E-state index < -0.39 is 12.2 Å². The zero-order valence-electron chi connectivity index (χ0n) is 12.7. The van der Waals surface area contributed by atoms with Gasteiger partial charge in [-0.1, -0.05) is 48.5 Å². The van der Waals surface area contributed by atoms with E-state index in [1.807, 2.05) is 68.4 Å². The van der Waals surface area contributed by atoms with Crippen molar-refractivity contribution in [1.82, 2.24) is 0 Å². The number of aliphatic hydroxyl groups excluding tert-OH is 1. The van der Waals surface area contributed by atoms with Crippen LogP contribution < -0.4 is 4.74 Å². The Morgan fingerprint density at radius 2 is 1.52 bits per heavy atom. The zero-order chi connectivity index (χ0) is 15.2. The van der Waals surface area contributed by atoms with Gasteiger partial charge in [0.25, 0.3) is 0 Å². The summed E-state index contributed by atoms with van der Waals surface area (Å²) < 4.78 is 11.3. The van der Waals surface area contributed by atoms with Gasteiger partial charge in [0.1, 0.15) is 18.0 Å². The van der Waals surface area contributed by atoms with Crippen molar-refractivity contribution in [2.24, 2.45) is 0 Å². The summed E-state index contributed by atoms with van der Waals surface area (Å²) in [6.07, 6.45) is -1.16. The topological polar surface area (TPSA) is 38.7 Å². The van der Waals surface area contributed by atoms with Gasteiger partial charge in [0, 0.05) is 12.7 Å². The Labute approximate surface area is 126 Å².